The SMILES string of the molecule is CCCCCCCCCCCCCCCC/C=C/C(O)C(CO)NC(=O)CCCCCCCCCCCCCOC(=O)CCCCCCCCCCCCCCCCCCCC. The molecular weight excluding hydrogens is 767 g/mol. The molecule has 0 aromatic heterocycles. The number of ether oxygens (including phenoxy) is 1. The molecule has 0 aliphatic carbocycles. The lowest BCUT2D eigenvalue weighted by atomic mass is 10.0. The molecule has 6 nitrogen and oxygen atoms in total. The minimum Gasteiger partial charge on any atom is -0.466 e. The van der Waals surface area contributed by atoms with Gasteiger partial charge in [0.15, 0.2) is 0 Å². The van der Waals surface area contributed by atoms with E-state index < -0.39 is 12.1 Å². The predicted molar refractivity (Wildman–Crippen MR) is 269 cm³/mol. The summed E-state index contributed by atoms with van der Waals surface area (Å²) < 4.78 is 5.48. The zero-order valence-electron chi connectivity index (χ0n) is 41.9. The van der Waals surface area contributed by atoms with E-state index in [1.165, 1.54) is 225 Å². The van der Waals surface area contributed by atoms with Crippen LogP contribution in [-0.2, 0) is 14.3 Å². The summed E-state index contributed by atoms with van der Waals surface area (Å²) in [6.45, 7) is 4.88. The van der Waals surface area contributed by atoms with Gasteiger partial charge in [-0.15, -0.1) is 0 Å². The largest absolute Gasteiger partial charge is 0.466 e. The average Bonchev–Trinajstić information content (AvgIpc) is 3.27. The maximum Gasteiger partial charge on any atom is 0.305 e. The van der Waals surface area contributed by atoms with Gasteiger partial charge in [0.2, 0.25) is 5.91 Å². The van der Waals surface area contributed by atoms with Crippen molar-refractivity contribution >= 4 is 11.9 Å². The van der Waals surface area contributed by atoms with Gasteiger partial charge in [0.25, 0.3) is 0 Å². The number of unbranched alkanes of at least 4 members (excludes halogenated alkanes) is 41. The second-order valence-corrected chi connectivity index (χ2v) is 19.3. The minimum absolute atomic E-state index is 0.0106. The fourth-order valence-corrected chi connectivity index (χ4v) is 8.75. The van der Waals surface area contributed by atoms with Crippen LogP contribution in [0.1, 0.15) is 309 Å². The highest BCUT2D eigenvalue weighted by atomic mass is 16.5. The fraction of sp³-hybridized carbons (Fsp3) is 0.929. The summed E-state index contributed by atoms with van der Waals surface area (Å²) in [7, 11) is 0. The standard InChI is InChI=1S/C56H109NO5/c1-3-5-7-9-11-13-15-17-19-21-22-24-26-30-34-38-42-46-50-56(61)62-51-47-43-39-35-31-27-29-33-37-41-45-49-55(60)57-53(52-58)54(59)48-44-40-36-32-28-25-23-20-18-16-14-12-10-8-6-4-2/h44,48,53-54,58-59H,3-43,45-47,49-52H2,1-2H3,(H,57,60)/b48-44+. The van der Waals surface area contributed by atoms with Crippen molar-refractivity contribution in [1.82, 2.24) is 5.32 Å². The van der Waals surface area contributed by atoms with Crippen LogP contribution >= 0.6 is 0 Å². The summed E-state index contributed by atoms with van der Waals surface area (Å²) in [5, 5.41) is 23.1. The quantitative estimate of drug-likeness (QED) is 0.0321. The number of allylic oxidation sites excluding steroid dienone is 1. The van der Waals surface area contributed by atoms with Crippen molar-refractivity contribution < 1.29 is 24.5 Å². The first-order chi connectivity index (χ1) is 30.5. The number of amides is 1. The molecule has 3 N–H and O–H groups in total. The smallest absolute Gasteiger partial charge is 0.305 e. The molecule has 0 aliphatic rings. The fourth-order valence-electron chi connectivity index (χ4n) is 8.75. The van der Waals surface area contributed by atoms with E-state index in [1.54, 1.807) is 6.08 Å². The van der Waals surface area contributed by atoms with E-state index in [2.05, 4.69) is 19.2 Å². The molecule has 0 rings (SSSR count). The van der Waals surface area contributed by atoms with E-state index in [0.29, 0.717) is 19.4 Å². The molecule has 6 heteroatoms. The molecule has 0 aromatic carbocycles. The van der Waals surface area contributed by atoms with Gasteiger partial charge in [-0.05, 0) is 32.1 Å². The molecule has 0 heterocycles. The molecule has 0 saturated carbocycles. The Hall–Kier alpha value is -1.40. The summed E-state index contributed by atoms with van der Waals surface area (Å²) in [4.78, 5) is 24.5. The molecule has 0 spiro atoms. The first kappa shape index (κ1) is 60.6. The van der Waals surface area contributed by atoms with Gasteiger partial charge in [0.05, 0.1) is 25.4 Å². The van der Waals surface area contributed by atoms with Crippen LogP contribution in [0.15, 0.2) is 12.2 Å². The average molecular weight is 876 g/mol. The molecule has 2 atom stereocenters. The molecule has 0 bridgehead atoms. The second kappa shape index (κ2) is 52.2. The predicted octanol–water partition coefficient (Wildman–Crippen LogP) is 16.9. The lowest BCUT2D eigenvalue weighted by Crippen LogP contribution is -2.45. The number of aliphatic hydroxyl groups is 2. The zero-order chi connectivity index (χ0) is 45.1. The molecule has 0 aromatic rings. The van der Waals surface area contributed by atoms with Crippen molar-refractivity contribution in [2.45, 2.75) is 321 Å². The van der Waals surface area contributed by atoms with E-state index in [0.717, 1.165) is 57.8 Å². The van der Waals surface area contributed by atoms with E-state index in [4.69, 9.17) is 4.74 Å². The van der Waals surface area contributed by atoms with Crippen LogP contribution in [0.5, 0.6) is 0 Å². The van der Waals surface area contributed by atoms with Gasteiger partial charge in [-0.3, -0.25) is 9.59 Å². The molecule has 2 unspecified atom stereocenters. The Balaban J connectivity index is 3.46. The summed E-state index contributed by atoms with van der Waals surface area (Å²) in [5.74, 6) is -0.0948. The molecule has 0 fully saturated rings. The zero-order valence-corrected chi connectivity index (χ0v) is 41.9. The number of aliphatic hydroxyl groups excluding tert-OH is 2. The molecule has 0 saturated heterocycles. The van der Waals surface area contributed by atoms with Gasteiger partial charge in [0.1, 0.15) is 0 Å². The third-order valence-corrected chi connectivity index (χ3v) is 13.1. The Morgan fingerprint density at radius 3 is 1.10 bits per heavy atom. The molecule has 0 aliphatic heterocycles. The third kappa shape index (κ3) is 48.1. The Kier molecular flexibility index (Phi) is 51.0. The van der Waals surface area contributed by atoms with Crippen LogP contribution in [0.4, 0.5) is 0 Å². The molecular formula is C56H109NO5. The van der Waals surface area contributed by atoms with Crippen LogP contribution in [0.2, 0.25) is 0 Å². The third-order valence-electron chi connectivity index (χ3n) is 13.1. The van der Waals surface area contributed by atoms with Crippen LogP contribution < -0.4 is 5.32 Å². The van der Waals surface area contributed by atoms with Crippen molar-refractivity contribution in [2.24, 2.45) is 0 Å². The normalized spacial score (nSPS) is 12.6. The van der Waals surface area contributed by atoms with Gasteiger partial charge >= 0.3 is 5.97 Å². The lowest BCUT2D eigenvalue weighted by molar-refractivity contribution is -0.143. The Labute approximate surface area is 387 Å². The Bertz CT molecular complexity index is 924. The van der Waals surface area contributed by atoms with E-state index in [1.807, 2.05) is 6.08 Å². The van der Waals surface area contributed by atoms with E-state index in [9.17, 15) is 19.8 Å². The van der Waals surface area contributed by atoms with Crippen molar-refractivity contribution in [1.29, 1.82) is 0 Å². The summed E-state index contributed by atoms with van der Waals surface area (Å²) in [6, 6.07) is -0.640. The number of hydrogen-bond donors (Lipinski definition) is 3. The van der Waals surface area contributed by atoms with Gasteiger partial charge in [-0.25, -0.2) is 0 Å². The number of carbonyl (C=O) groups excluding carboxylic acids is 2. The highest BCUT2D eigenvalue weighted by molar-refractivity contribution is 5.76. The monoisotopic (exact) mass is 876 g/mol. The van der Waals surface area contributed by atoms with Gasteiger partial charge in [-0.2, -0.15) is 0 Å². The molecule has 62 heavy (non-hydrogen) atoms. The lowest BCUT2D eigenvalue weighted by Gasteiger charge is -2.20. The highest BCUT2D eigenvalue weighted by Gasteiger charge is 2.18. The second-order valence-electron chi connectivity index (χ2n) is 19.3. The number of hydrogen-bond acceptors (Lipinski definition) is 5. The summed E-state index contributed by atoms with van der Waals surface area (Å²) in [6.07, 6.45) is 60.8. The van der Waals surface area contributed by atoms with Gasteiger partial charge < -0.3 is 20.3 Å². The number of nitrogens with one attached hydrogen (secondary N) is 1. The topological polar surface area (TPSA) is 95.9 Å². The first-order valence-corrected chi connectivity index (χ1v) is 28.0. The Morgan fingerprint density at radius 2 is 0.742 bits per heavy atom. The van der Waals surface area contributed by atoms with Crippen LogP contribution in [0.3, 0.4) is 0 Å². The van der Waals surface area contributed by atoms with Gasteiger partial charge in [0, 0.05) is 12.8 Å². The molecule has 0 radical (unpaired) electrons. The first-order valence-electron chi connectivity index (χ1n) is 28.0. The maximum absolute atomic E-state index is 12.4. The molecule has 368 valence electrons. The minimum atomic E-state index is -0.855. The summed E-state index contributed by atoms with van der Waals surface area (Å²) in [5.41, 5.74) is 0. The summed E-state index contributed by atoms with van der Waals surface area (Å²) >= 11 is 0. The van der Waals surface area contributed by atoms with E-state index in [-0.39, 0.29) is 18.5 Å². The van der Waals surface area contributed by atoms with Crippen molar-refractivity contribution in [3.63, 3.8) is 0 Å². The van der Waals surface area contributed by atoms with Crippen LogP contribution in [-0.4, -0.2) is 47.4 Å². The van der Waals surface area contributed by atoms with Gasteiger partial charge in [-0.1, -0.05) is 276 Å². The number of rotatable bonds is 52. The number of carbonyl (C=O) groups is 2. The van der Waals surface area contributed by atoms with Crippen molar-refractivity contribution in [3.8, 4) is 0 Å². The maximum atomic E-state index is 12.4. The van der Waals surface area contributed by atoms with Crippen molar-refractivity contribution in [3.05, 3.63) is 12.2 Å². The highest BCUT2D eigenvalue weighted by Crippen LogP contribution is 2.17. The number of esters is 1. The Morgan fingerprint density at radius 1 is 0.435 bits per heavy atom. The van der Waals surface area contributed by atoms with Crippen molar-refractivity contribution in [2.75, 3.05) is 13.2 Å². The van der Waals surface area contributed by atoms with Crippen LogP contribution in [0, 0.1) is 0 Å². The molecule has 1 amide bonds. The van der Waals surface area contributed by atoms with Crippen LogP contribution in [0.25, 0.3) is 0 Å². The van der Waals surface area contributed by atoms with E-state index >= 15 is 0 Å².